The van der Waals surface area contributed by atoms with E-state index in [0.717, 1.165) is 11.5 Å². The van der Waals surface area contributed by atoms with Crippen molar-refractivity contribution in [2.75, 3.05) is 14.2 Å². The minimum absolute atomic E-state index is 0.314. The van der Waals surface area contributed by atoms with E-state index in [0.29, 0.717) is 29.0 Å². The summed E-state index contributed by atoms with van der Waals surface area (Å²) in [6, 6.07) is 26.8. The fourth-order valence-corrected chi connectivity index (χ4v) is 7.50. The number of carbonyl (C=O) groups is 2. The average molecular weight is 494 g/mol. The van der Waals surface area contributed by atoms with Gasteiger partial charge in [0.2, 0.25) is 0 Å². The van der Waals surface area contributed by atoms with Crippen LogP contribution in [0.15, 0.2) is 91.0 Å². The standard InChI is InChI=1S/C28H32NO5P/c1-4-5-21-25(35(32,23-17-11-7-12-18-23)24-19-13-8-14-20-24)26(27(30)29(2)33-3)34-28(31)22-15-9-6-10-16-22/h6-20,25-26H,4-5,21H2,1-3H3/t25-,26+/m1/s1. The molecule has 7 heteroatoms. The maximum absolute atomic E-state index is 15.2. The molecule has 3 aromatic carbocycles. The van der Waals surface area contributed by atoms with Crippen molar-refractivity contribution in [1.29, 1.82) is 0 Å². The molecule has 3 aromatic rings. The van der Waals surface area contributed by atoms with Crippen molar-refractivity contribution in [3.05, 3.63) is 96.6 Å². The molecule has 0 bridgehead atoms. The molecule has 0 aromatic heterocycles. The third-order valence-corrected chi connectivity index (χ3v) is 9.61. The van der Waals surface area contributed by atoms with E-state index >= 15 is 4.57 Å². The Kier molecular flexibility index (Phi) is 9.41. The van der Waals surface area contributed by atoms with Crippen LogP contribution in [0.1, 0.15) is 36.5 Å². The molecule has 0 spiro atoms. The smallest absolute Gasteiger partial charge is 0.338 e. The number of rotatable bonds is 11. The monoisotopic (exact) mass is 493 g/mol. The van der Waals surface area contributed by atoms with Crippen LogP contribution in [0, 0.1) is 0 Å². The summed E-state index contributed by atoms with van der Waals surface area (Å²) in [6.07, 6.45) is 0.643. The van der Waals surface area contributed by atoms with E-state index in [1.807, 2.05) is 67.6 Å². The number of amides is 1. The Balaban J connectivity index is 2.19. The van der Waals surface area contributed by atoms with Gasteiger partial charge in [0.05, 0.1) is 18.3 Å². The van der Waals surface area contributed by atoms with Crippen LogP contribution >= 0.6 is 7.14 Å². The van der Waals surface area contributed by atoms with Crippen molar-refractivity contribution in [2.24, 2.45) is 0 Å². The first-order valence-electron chi connectivity index (χ1n) is 11.7. The highest BCUT2D eigenvalue weighted by molar-refractivity contribution is 7.79. The minimum atomic E-state index is -3.45. The van der Waals surface area contributed by atoms with Gasteiger partial charge >= 0.3 is 5.97 Å². The molecule has 0 heterocycles. The second-order valence-electron chi connectivity index (χ2n) is 8.25. The first kappa shape index (κ1) is 26.4. The van der Waals surface area contributed by atoms with Crippen LogP contribution in [-0.4, -0.2) is 42.9 Å². The van der Waals surface area contributed by atoms with Crippen molar-refractivity contribution in [3.63, 3.8) is 0 Å². The average Bonchev–Trinajstić information content (AvgIpc) is 2.92. The summed E-state index contributed by atoms with van der Waals surface area (Å²) in [5, 5.41) is 2.25. The second kappa shape index (κ2) is 12.5. The van der Waals surface area contributed by atoms with E-state index in [1.165, 1.54) is 14.2 Å². The van der Waals surface area contributed by atoms with Gasteiger partial charge in [-0.25, -0.2) is 9.86 Å². The van der Waals surface area contributed by atoms with Crippen LogP contribution < -0.4 is 10.6 Å². The summed E-state index contributed by atoms with van der Waals surface area (Å²) in [5.41, 5.74) is -0.473. The number of ether oxygens (including phenoxy) is 1. The molecule has 2 atom stereocenters. The number of esters is 1. The molecule has 1 amide bonds. The SMILES string of the molecule is CCCC[C@H]([C@H](OC(=O)c1ccccc1)C(=O)N(C)OC)P(=O)(c1ccccc1)c1ccccc1. The normalized spacial score (nSPS) is 13.0. The Hall–Kier alpha value is -3.21. The van der Waals surface area contributed by atoms with Gasteiger partial charge in [-0.3, -0.25) is 9.63 Å². The third kappa shape index (κ3) is 6.08. The Labute approximate surface area is 207 Å². The van der Waals surface area contributed by atoms with Gasteiger partial charge < -0.3 is 9.30 Å². The van der Waals surface area contributed by atoms with Gasteiger partial charge in [0.15, 0.2) is 6.10 Å². The van der Waals surface area contributed by atoms with Crippen molar-refractivity contribution in [3.8, 4) is 0 Å². The zero-order valence-corrected chi connectivity index (χ0v) is 21.3. The summed E-state index contributed by atoms with van der Waals surface area (Å²) < 4.78 is 21.1. The van der Waals surface area contributed by atoms with Gasteiger partial charge in [0.1, 0.15) is 7.14 Å². The quantitative estimate of drug-likeness (QED) is 0.218. The van der Waals surface area contributed by atoms with Gasteiger partial charge in [0, 0.05) is 17.7 Å². The lowest BCUT2D eigenvalue weighted by atomic mass is 10.1. The minimum Gasteiger partial charge on any atom is -0.448 e. The highest BCUT2D eigenvalue weighted by Gasteiger charge is 2.47. The second-order valence-corrected chi connectivity index (χ2v) is 11.3. The molecule has 35 heavy (non-hydrogen) atoms. The summed E-state index contributed by atoms with van der Waals surface area (Å²) in [5.74, 6) is -1.22. The summed E-state index contributed by atoms with van der Waals surface area (Å²) in [7, 11) is -0.631. The number of hydrogen-bond donors (Lipinski definition) is 0. The number of carbonyl (C=O) groups excluding carboxylic acids is 2. The molecule has 0 unspecified atom stereocenters. The van der Waals surface area contributed by atoms with Gasteiger partial charge in [-0.1, -0.05) is 98.6 Å². The van der Waals surface area contributed by atoms with E-state index in [1.54, 1.807) is 30.3 Å². The first-order valence-corrected chi connectivity index (χ1v) is 13.5. The van der Waals surface area contributed by atoms with Crippen molar-refractivity contribution in [2.45, 2.75) is 37.9 Å². The number of likely N-dealkylation sites (N-methyl/N-ethyl adjacent to an activating group) is 1. The fraction of sp³-hybridized carbons (Fsp3) is 0.286. The molecule has 0 aliphatic rings. The molecule has 3 rings (SSSR count). The molecular weight excluding hydrogens is 461 g/mol. The molecule has 0 radical (unpaired) electrons. The molecule has 0 aliphatic carbocycles. The zero-order valence-electron chi connectivity index (χ0n) is 20.4. The maximum Gasteiger partial charge on any atom is 0.338 e. The predicted octanol–water partition coefficient (Wildman–Crippen LogP) is 4.80. The van der Waals surface area contributed by atoms with Crippen LogP contribution in [0.4, 0.5) is 0 Å². The van der Waals surface area contributed by atoms with E-state index in [2.05, 4.69) is 0 Å². The molecule has 0 saturated carbocycles. The Bertz CT molecular complexity index is 1090. The van der Waals surface area contributed by atoms with E-state index < -0.39 is 30.8 Å². The number of unbranched alkanes of at least 4 members (excludes halogenated alkanes) is 1. The maximum atomic E-state index is 15.2. The molecular formula is C28H32NO5P. The molecule has 0 fully saturated rings. The largest absolute Gasteiger partial charge is 0.448 e. The molecule has 0 aliphatic heterocycles. The number of nitrogens with zero attached hydrogens (tertiary/aromatic N) is 1. The van der Waals surface area contributed by atoms with Crippen LogP contribution in [0.3, 0.4) is 0 Å². The molecule has 6 nitrogen and oxygen atoms in total. The molecule has 0 N–H and O–H groups in total. The van der Waals surface area contributed by atoms with Crippen molar-refractivity contribution in [1.82, 2.24) is 5.06 Å². The van der Waals surface area contributed by atoms with E-state index in [4.69, 9.17) is 9.57 Å². The first-order chi connectivity index (χ1) is 16.9. The Morgan fingerprint density at radius 1 is 0.857 bits per heavy atom. The zero-order chi connectivity index (χ0) is 25.3. The van der Waals surface area contributed by atoms with Crippen LogP contribution in [0.5, 0.6) is 0 Å². The Morgan fingerprint density at radius 2 is 1.34 bits per heavy atom. The number of benzene rings is 3. The van der Waals surface area contributed by atoms with Crippen molar-refractivity contribution < 1.29 is 23.7 Å². The number of hydrogen-bond acceptors (Lipinski definition) is 5. The van der Waals surface area contributed by atoms with Crippen LogP contribution in [0.25, 0.3) is 0 Å². The highest BCUT2D eigenvalue weighted by atomic mass is 31.2. The highest BCUT2D eigenvalue weighted by Crippen LogP contribution is 2.52. The summed E-state index contributed by atoms with van der Waals surface area (Å²) in [6.45, 7) is 2.03. The lowest BCUT2D eigenvalue weighted by molar-refractivity contribution is -0.178. The lowest BCUT2D eigenvalue weighted by Crippen LogP contribution is -2.47. The van der Waals surface area contributed by atoms with E-state index in [-0.39, 0.29) is 0 Å². The van der Waals surface area contributed by atoms with Gasteiger partial charge in [-0.15, -0.1) is 0 Å². The Morgan fingerprint density at radius 3 is 1.80 bits per heavy atom. The van der Waals surface area contributed by atoms with E-state index in [9.17, 15) is 9.59 Å². The van der Waals surface area contributed by atoms with Gasteiger partial charge in [-0.05, 0) is 18.6 Å². The van der Waals surface area contributed by atoms with Gasteiger partial charge in [0.25, 0.3) is 5.91 Å². The van der Waals surface area contributed by atoms with Crippen LogP contribution in [-0.2, 0) is 18.9 Å². The third-order valence-electron chi connectivity index (χ3n) is 6.02. The van der Waals surface area contributed by atoms with Crippen LogP contribution in [0.2, 0.25) is 0 Å². The molecule has 0 saturated heterocycles. The molecule has 184 valence electrons. The number of hydroxylamine groups is 2. The lowest BCUT2D eigenvalue weighted by Gasteiger charge is -2.35. The topological polar surface area (TPSA) is 72.9 Å². The predicted molar refractivity (Wildman–Crippen MR) is 138 cm³/mol. The summed E-state index contributed by atoms with van der Waals surface area (Å²) in [4.78, 5) is 31.8. The fourth-order valence-electron chi connectivity index (χ4n) is 4.09. The summed E-state index contributed by atoms with van der Waals surface area (Å²) >= 11 is 0. The van der Waals surface area contributed by atoms with Gasteiger partial charge in [-0.2, -0.15) is 0 Å². The van der Waals surface area contributed by atoms with Crippen molar-refractivity contribution >= 4 is 29.6 Å².